The summed E-state index contributed by atoms with van der Waals surface area (Å²) in [6.45, 7) is 17.5. The average molecular weight is 591 g/mol. The molecule has 5 rings (SSSR count). The zero-order valence-corrected chi connectivity index (χ0v) is 27.1. The Morgan fingerprint density at radius 2 is 1.68 bits per heavy atom. The number of ketones is 1. The highest BCUT2D eigenvalue weighted by molar-refractivity contribution is 7.86. The number of rotatable bonds is 4. The van der Waals surface area contributed by atoms with Gasteiger partial charge in [-0.25, -0.2) is 0 Å². The molecule has 0 amide bonds. The first-order valence-electron chi connectivity index (χ1n) is 15.3. The molecule has 0 aliphatic heterocycles. The fraction of sp³-hybridized carbons (Fsp3) is 0.818. The second kappa shape index (κ2) is 9.25. The number of fused-ring (bicyclic) bond motifs is 7. The van der Waals surface area contributed by atoms with E-state index >= 15 is 0 Å². The van der Waals surface area contributed by atoms with Gasteiger partial charge in [0, 0.05) is 17.9 Å². The van der Waals surface area contributed by atoms with Crippen molar-refractivity contribution in [1.82, 2.24) is 0 Å². The molecule has 230 valence electrons. The SMILES string of the molecule is C=C1[C@@H](OS(C)(=O)=O)C[C@](C)(CO)[C@@H]2CC[C@]3(C)C(=CC(=O)[C@@H]4[C@@H]5CC(C)(C)CC[C@]5(C(=O)OC)CC[C@]43C)[C@@]12C. The summed E-state index contributed by atoms with van der Waals surface area (Å²) in [4.78, 5) is 28.1. The summed E-state index contributed by atoms with van der Waals surface area (Å²) in [5.74, 6) is -0.562. The van der Waals surface area contributed by atoms with Crippen LogP contribution >= 0.6 is 0 Å². The Hall–Kier alpha value is -1.51. The first kappa shape index (κ1) is 30.9. The summed E-state index contributed by atoms with van der Waals surface area (Å²) in [7, 11) is -2.31. The highest BCUT2D eigenvalue weighted by atomic mass is 32.2. The van der Waals surface area contributed by atoms with Crippen LogP contribution in [0.1, 0.15) is 92.9 Å². The molecule has 7 nitrogen and oxygen atoms in total. The first-order valence-corrected chi connectivity index (χ1v) is 17.1. The van der Waals surface area contributed by atoms with E-state index in [0.29, 0.717) is 18.4 Å². The molecule has 0 aromatic carbocycles. The molecule has 0 heterocycles. The second-order valence-corrected chi connectivity index (χ2v) is 17.5. The molecule has 5 aliphatic carbocycles. The molecule has 41 heavy (non-hydrogen) atoms. The fourth-order valence-corrected chi connectivity index (χ4v) is 11.5. The van der Waals surface area contributed by atoms with Crippen molar-refractivity contribution in [2.45, 2.75) is 99.0 Å². The summed E-state index contributed by atoms with van der Waals surface area (Å²) in [6, 6.07) is 0. The number of hydrogen-bond donors (Lipinski definition) is 1. The normalized spacial score (nSPS) is 47.3. The van der Waals surface area contributed by atoms with E-state index in [2.05, 4.69) is 41.2 Å². The fourth-order valence-electron chi connectivity index (χ4n) is 10.9. The molecule has 0 unspecified atom stereocenters. The topological polar surface area (TPSA) is 107 Å². The second-order valence-electron chi connectivity index (χ2n) is 15.9. The van der Waals surface area contributed by atoms with Crippen LogP contribution in [0.15, 0.2) is 23.8 Å². The third-order valence-corrected chi connectivity index (χ3v) is 13.9. The van der Waals surface area contributed by atoms with Crippen molar-refractivity contribution in [3.05, 3.63) is 23.8 Å². The molecule has 0 spiro atoms. The van der Waals surface area contributed by atoms with Crippen LogP contribution in [-0.4, -0.2) is 51.4 Å². The Balaban J connectivity index is 1.68. The van der Waals surface area contributed by atoms with Gasteiger partial charge in [-0.15, -0.1) is 0 Å². The lowest BCUT2D eigenvalue weighted by molar-refractivity contribution is -0.192. The highest BCUT2D eigenvalue weighted by Crippen LogP contribution is 2.75. The minimum atomic E-state index is -3.78. The van der Waals surface area contributed by atoms with E-state index in [9.17, 15) is 23.1 Å². The summed E-state index contributed by atoms with van der Waals surface area (Å²) in [6.07, 6.45) is 8.02. The van der Waals surface area contributed by atoms with E-state index in [0.717, 1.165) is 50.4 Å². The Bertz CT molecular complexity index is 1310. The molecule has 4 fully saturated rings. The number of methoxy groups -OCH3 is 1. The van der Waals surface area contributed by atoms with Gasteiger partial charge in [-0.3, -0.25) is 13.8 Å². The zero-order chi connectivity index (χ0) is 30.6. The molecular formula is C33H50O7S. The minimum absolute atomic E-state index is 0.0199. The van der Waals surface area contributed by atoms with Crippen LogP contribution in [-0.2, 0) is 28.6 Å². The smallest absolute Gasteiger partial charge is 0.312 e. The van der Waals surface area contributed by atoms with Gasteiger partial charge in [0.25, 0.3) is 10.1 Å². The molecule has 9 atom stereocenters. The van der Waals surface area contributed by atoms with E-state index in [1.165, 1.54) is 7.11 Å². The van der Waals surface area contributed by atoms with Crippen molar-refractivity contribution in [1.29, 1.82) is 0 Å². The average Bonchev–Trinajstić information content (AvgIpc) is 2.87. The largest absolute Gasteiger partial charge is 0.469 e. The van der Waals surface area contributed by atoms with Crippen LogP contribution in [0.4, 0.5) is 0 Å². The number of aliphatic hydroxyl groups is 1. The first-order chi connectivity index (χ1) is 18.7. The maximum atomic E-state index is 14.6. The van der Waals surface area contributed by atoms with Crippen LogP contribution in [0.3, 0.4) is 0 Å². The number of aliphatic hydroxyl groups excluding tert-OH is 1. The van der Waals surface area contributed by atoms with Crippen LogP contribution < -0.4 is 0 Å². The van der Waals surface area contributed by atoms with Gasteiger partial charge in [-0.2, -0.15) is 8.42 Å². The molecule has 0 aromatic heterocycles. The Kier molecular flexibility index (Phi) is 6.98. The van der Waals surface area contributed by atoms with Crippen molar-refractivity contribution in [3.8, 4) is 0 Å². The number of allylic oxidation sites excluding steroid dienone is 2. The number of hydrogen-bond acceptors (Lipinski definition) is 7. The lowest BCUT2D eigenvalue weighted by Crippen LogP contribution is -2.66. The van der Waals surface area contributed by atoms with Crippen molar-refractivity contribution in [2.75, 3.05) is 20.0 Å². The van der Waals surface area contributed by atoms with Crippen molar-refractivity contribution >= 4 is 21.9 Å². The monoisotopic (exact) mass is 590 g/mol. The van der Waals surface area contributed by atoms with Crippen LogP contribution in [0.25, 0.3) is 0 Å². The van der Waals surface area contributed by atoms with E-state index in [1.807, 2.05) is 13.0 Å². The number of carbonyl (C=O) groups excluding carboxylic acids is 2. The number of ether oxygens (including phenoxy) is 1. The Morgan fingerprint density at radius 3 is 2.27 bits per heavy atom. The predicted octanol–water partition coefficient (Wildman–Crippen LogP) is 5.62. The highest BCUT2D eigenvalue weighted by Gasteiger charge is 2.72. The predicted molar refractivity (Wildman–Crippen MR) is 157 cm³/mol. The van der Waals surface area contributed by atoms with E-state index in [4.69, 9.17) is 8.92 Å². The Morgan fingerprint density at radius 1 is 1.05 bits per heavy atom. The summed E-state index contributed by atoms with van der Waals surface area (Å²) in [5, 5.41) is 10.7. The molecule has 8 heteroatoms. The molecular weight excluding hydrogens is 540 g/mol. The maximum absolute atomic E-state index is 14.6. The molecule has 0 bridgehead atoms. The van der Waals surface area contributed by atoms with Gasteiger partial charge in [0.2, 0.25) is 0 Å². The van der Waals surface area contributed by atoms with Gasteiger partial charge in [0.15, 0.2) is 5.78 Å². The summed E-state index contributed by atoms with van der Waals surface area (Å²) >= 11 is 0. The maximum Gasteiger partial charge on any atom is 0.312 e. The van der Waals surface area contributed by atoms with Crippen molar-refractivity contribution in [2.24, 2.45) is 50.2 Å². The van der Waals surface area contributed by atoms with Gasteiger partial charge in [0.1, 0.15) is 0 Å². The molecule has 5 aliphatic rings. The van der Waals surface area contributed by atoms with Gasteiger partial charge >= 0.3 is 5.97 Å². The van der Waals surface area contributed by atoms with Crippen molar-refractivity contribution in [3.63, 3.8) is 0 Å². The van der Waals surface area contributed by atoms with E-state index in [-0.39, 0.29) is 46.9 Å². The minimum Gasteiger partial charge on any atom is -0.469 e. The van der Waals surface area contributed by atoms with Gasteiger partial charge in [0.05, 0.1) is 24.9 Å². The lowest BCUT2D eigenvalue weighted by atomic mass is 9.33. The third-order valence-electron chi connectivity index (χ3n) is 13.3. The lowest BCUT2D eigenvalue weighted by Gasteiger charge is -2.70. The molecule has 0 saturated heterocycles. The quantitative estimate of drug-likeness (QED) is 0.257. The van der Waals surface area contributed by atoms with Gasteiger partial charge in [-0.1, -0.05) is 48.1 Å². The van der Waals surface area contributed by atoms with E-state index < -0.39 is 37.9 Å². The number of esters is 1. The summed E-state index contributed by atoms with van der Waals surface area (Å²) < 4.78 is 35.7. The third kappa shape index (κ3) is 4.12. The van der Waals surface area contributed by atoms with Crippen molar-refractivity contribution < 1.29 is 32.0 Å². The standard InChI is InChI=1S/C33H50O7S/c1-20-23(40-41(9,37)38)18-29(4,19-34)24-10-11-30(5)25(32(20,24)7)16-22(35)26-21-17-28(2,3)12-14-33(21,27(36)39-8)15-13-31(26,30)6/h16,21,23-24,26,34H,1,10-15,17-19H2,2-9H3/t21-,23-,24-,26-,29+,30+,31+,32-,33-/m0/s1. The van der Waals surface area contributed by atoms with Gasteiger partial charge < -0.3 is 9.84 Å². The Labute approximate surface area is 246 Å². The molecule has 0 radical (unpaired) electrons. The summed E-state index contributed by atoms with van der Waals surface area (Å²) in [5.41, 5.74) is -1.08. The zero-order valence-electron chi connectivity index (χ0n) is 26.3. The van der Waals surface area contributed by atoms with Crippen LogP contribution in [0.5, 0.6) is 0 Å². The van der Waals surface area contributed by atoms with Crippen LogP contribution in [0, 0.1) is 50.2 Å². The van der Waals surface area contributed by atoms with Gasteiger partial charge in [-0.05, 0) is 102 Å². The van der Waals surface area contributed by atoms with Crippen LogP contribution in [0.2, 0.25) is 0 Å². The molecule has 0 aromatic rings. The molecule has 4 saturated carbocycles. The van der Waals surface area contributed by atoms with E-state index in [1.54, 1.807) is 0 Å². The molecule has 1 N–H and O–H groups in total. The number of carbonyl (C=O) groups is 2.